The molecule has 0 amide bonds. The molecule has 0 radical (unpaired) electrons. The lowest BCUT2D eigenvalue weighted by Gasteiger charge is -2.17. The Hall–Kier alpha value is -1.68. The third kappa shape index (κ3) is 5.53. The van der Waals surface area contributed by atoms with Crippen molar-refractivity contribution in [3.8, 4) is 0 Å². The van der Waals surface area contributed by atoms with Gasteiger partial charge in [0.2, 0.25) is 0 Å². The summed E-state index contributed by atoms with van der Waals surface area (Å²) in [6, 6.07) is 9.24. The predicted molar refractivity (Wildman–Crippen MR) is 76.2 cm³/mol. The van der Waals surface area contributed by atoms with Gasteiger partial charge in [0.05, 0.1) is 12.0 Å². The summed E-state index contributed by atoms with van der Waals surface area (Å²) in [5.74, 6) is -0.594. The van der Waals surface area contributed by atoms with Gasteiger partial charge in [-0.25, -0.2) is 0 Å². The number of aliphatic hydroxyl groups excluding tert-OH is 1. The van der Waals surface area contributed by atoms with Gasteiger partial charge in [-0.15, -0.1) is 0 Å². The molecule has 110 valence electrons. The molecule has 1 N–H and O–H groups in total. The van der Waals surface area contributed by atoms with Gasteiger partial charge in [0, 0.05) is 12.8 Å². The summed E-state index contributed by atoms with van der Waals surface area (Å²) in [4.78, 5) is 23.3. The average molecular weight is 278 g/mol. The van der Waals surface area contributed by atoms with E-state index in [1.165, 1.54) is 0 Å². The van der Waals surface area contributed by atoms with Crippen LogP contribution in [-0.2, 0) is 20.7 Å². The summed E-state index contributed by atoms with van der Waals surface area (Å²) in [7, 11) is 0. The molecule has 1 aromatic rings. The van der Waals surface area contributed by atoms with Crippen LogP contribution in [0.3, 0.4) is 0 Å². The molecular weight excluding hydrogens is 256 g/mol. The number of carbonyl (C=O) groups is 2. The van der Waals surface area contributed by atoms with Gasteiger partial charge in [0.1, 0.15) is 6.10 Å². The molecule has 4 heteroatoms. The van der Waals surface area contributed by atoms with Gasteiger partial charge in [-0.2, -0.15) is 0 Å². The highest BCUT2D eigenvalue weighted by atomic mass is 16.5. The van der Waals surface area contributed by atoms with Crippen molar-refractivity contribution in [3.63, 3.8) is 0 Å². The number of esters is 1. The molecule has 0 aliphatic rings. The molecule has 1 rings (SSSR count). The molecule has 1 atom stereocenters. The van der Waals surface area contributed by atoms with Crippen molar-refractivity contribution in [1.82, 2.24) is 0 Å². The van der Waals surface area contributed by atoms with E-state index in [9.17, 15) is 14.7 Å². The SMILES string of the molecule is CC(C)(C)C(=O)OCC[C@H](O)C(=O)Cc1ccccc1. The Labute approximate surface area is 119 Å². The van der Waals surface area contributed by atoms with Gasteiger partial charge >= 0.3 is 5.97 Å². The maximum Gasteiger partial charge on any atom is 0.311 e. The van der Waals surface area contributed by atoms with E-state index in [2.05, 4.69) is 0 Å². The first-order valence-corrected chi connectivity index (χ1v) is 6.72. The van der Waals surface area contributed by atoms with Crippen LogP contribution in [0.15, 0.2) is 30.3 Å². The van der Waals surface area contributed by atoms with E-state index in [4.69, 9.17) is 4.74 Å². The third-order valence-electron chi connectivity index (χ3n) is 2.83. The number of hydrogen-bond donors (Lipinski definition) is 1. The fourth-order valence-corrected chi connectivity index (χ4v) is 1.56. The van der Waals surface area contributed by atoms with E-state index in [-0.39, 0.29) is 31.2 Å². The lowest BCUT2D eigenvalue weighted by atomic mass is 9.97. The summed E-state index contributed by atoms with van der Waals surface area (Å²) in [5.41, 5.74) is 0.294. The van der Waals surface area contributed by atoms with Gasteiger partial charge in [0.25, 0.3) is 0 Å². The maximum atomic E-state index is 11.8. The normalized spacial score (nSPS) is 12.8. The van der Waals surface area contributed by atoms with Crippen LogP contribution in [0.25, 0.3) is 0 Å². The van der Waals surface area contributed by atoms with Crippen molar-refractivity contribution in [2.45, 2.75) is 39.7 Å². The molecule has 0 heterocycles. The van der Waals surface area contributed by atoms with E-state index in [1.807, 2.05) is 30.3 Å². The van der Waals surface area contributed by atoms with Crippen molar-refractivity contribution in [3.05, 3.63) is 35.9 Å². The van der Waals surface area contributed by atoms with E-state index < -0.39 is 11.5 Å². The molecule has 0 fully saturated rings. The Morgan fingerprint density at radius 1 is 1.20 bits per heavy atom. The van der Waals surface area contributed by atoms with Gasteiger partial charge in [-0.05, 0) is 26.3 Å². The molecule has 20 heavy (non-hydrogen) atoms. The van der Waals surface area contributed by atoms with Crippen LogP contribution in [0.2, 0.25) is 0 Å². The molecule has 0 saturated carbocycles. The summed E-state index contributed by atoms with van der Waals surface area (Å²) in [5, 5.41) is 9.75. The molecule has 0 spiro atoms. The van der Waals surface area contributed by atoms with E-state index in [0.717, 1.165) is 5.56 Å². The molecule has 4 nitrogen and oxygen atoms in total. The van der Waals surface area contributed by atoms with Crippen molar-refractivity contribution in [2.75, 3.05) is 6.61 Å². The number of rotatable bonds is 6. The minimum absolute atomic E-state index is 0.0534. The first-order valence-electron chi connectivity index (χ1n) is 6.72. The molecular formula is C16H22O4. The van der Waals surface area contributed by atoms with Crippen LogP contribution >= 0.6 is 0 Å². The lowest BCUT2D eigenvalue weighted by molar-refractivity contribution is -0.154. The molecule has 0 unspecified atom stereocenters. The van der Waals surface area contributed by atoms with Crippen LogP contribution < -0.4 is 0 Å². The number of ether oxygens (including phenoxy) is 1. The molecule has 0 bridgehead atoms. The van der Waals surface area contributed by atoms with Crippen molar-refractivity contribution in [2.24, 2.45) is 5.41 Å². The fourth-order valence-electron chi connectivity index (χ4n) is 1.56. The molecule has 0 aliphatic carbocycles. The summed E-state index contributed by atoms with van der Waals surface area (Å²) in [6.07, 6.45) is -0.772. The Morgan fingerprint density at radius 2 is 1.80 bits per heavy atom. The first-order chi connectivity index (χ1) is 9.30. The van der Waals surface area contributed by atoms with Gasteiger partial charge in [-0.1, -0.05) is 30.3 Å². The number of aliphatic hydroxyl groups is 1. The largest absolute Gasteiger partial charge is 0.465 e. The smallest absolute Gasteiger partial charge is 0.311 e. The minimum atomic E-state index is -1.09. The van der Waals surface area contributed by atoms with Crippen LogP contribution in [-0.4, -0.2) is 29.6 Å². The summed E-state index contributed by atoms with van der Waals surface area (Å²) >= 11 is 0. The average Bonchev–Trinajstić information content (AvgIpc) is 2.38. The minimum Gasteiger partial charge on any atom is -0.465 e. The predicted octanol–water partition coefficient (Wildman–Crippen LogP) is 2.14. The highest BCUT2D eigenvalue weighted by molar-refractivity contribution is 5.85. The van der Waals surface area contributed by atoms with E-state index in [0.29, 0.717) is 0 Å². The fraction of sp³-hybridized carbons (Fsp3) is 0.500. The third-order valence-corrected chi connectivity index (χ3v) is 2.83. The van der Waals surface area contributed by atoms with Crippen LogP contribution in [0.4, 0.5) is 0 Å². The number of benzene rings is 1. The molecule has 1 aromatic carbocycles. The summed E-state index contributed by atoms with van der Waals surface area (Å²) < 4.78 is 5.03. The second kappa shape index (κ2) is 7.20. The van der Waals surface area contributed by atoms with Crippen LogP contribution in [0.5, 0.6) is 0 Å². The molecule has 0 aliphatic heterocycles. The Bertz CT molecular complexity index is 445. The number of carbonyl (C=O) groups excluding carboxylic acids is 2. The van der Waals surface area contributed by atoms with Crippen molar-refractivity contribution >= 4 is 11.8 Å². The summed E-state index contributed by atoms with van der Waals surface area (Å²) in [6.45, 7) is 5.32. The van der Waals surface area contributed by atoms with Gasteiger partial charge < -0.3 is 9.84 Å². The lowest BCUT2D eigenvalue weighted by Crippen LogP contribution is -2.27. The Balaban J connectivity index is 2.34. The highest BCUT2D eigenvalue weighted by Gasteiger charge is 2.23. The zero-order chi connectivity index (χ0) is 15.2. The van der Waals surface area contributed by atoms with E-state index >= 15 is 0 Å². The maximum absolute atomic E-state index is 11.8. The number of ketones is 1. The first kappa shape index (κ1) is 16.4. The van der Waals surface area contributed by atoms with Crippen LogP contribution in [0, 0.1) is 5.41 Å². The topological polar surface area (TPSA) is 63.6 Å². The zero-order valence-electron chi connectivity index (χ0n) is 12.3. The number of Topliss-reactive ketones (excluding diaryl/α,β-unsaturated/α-hetero) is 1. The molecule has 0 aromatic heterocycles. The van der Waals surface area contributed by atoms with Crippen molar-refractivity contribution < 1.29 is 19.4 Å². The van der Waals surface area contributed by atoms with Crippen LogP contribution in [0.1, 0.15) is 32.8 Å². The standard InChI is InChI=1S/C16H22O4/c1-16(2,3)15(19)20-10-9-13(17)14(18)11-12-7-5-4-6-8-12/h4-8,13,17H,9-11H2,1-3H3/t13-/m0/s1. The van der Waals surface area contributed by atoms with E-state index in [1.54, 1.807) is 20.8 Å². The monoisotopic (exact) mass is 278 g/mol. The van der Waals surface area contributed by atoms with Gasteiger partial charge in [-0.3, -0.25) is 9.59 Å². The quantitative estimate of drug-likeness (QED) is 0.810. The second-order valence-corrected chi connectivity index (χ2v) is 5.82. The Kier molecular flexibility index (Phi) is 5.89. The zero-order valence-corrected chi connectivity index (χ0v) is 12.3. The molecule has 0 saturated heterocycles. The number of hydrogen-bond acceptors (Lipinski definition) is 4. The Morgan fingerprint density at radius 3 is 2.35 bits per heavy atom. The van der Waals surface area contributed by atoms with Crippen molar-refractivity contribution in [1.29, 1.82) is 0 Å². The van der Waals surface area contributed by atoms with Gasteiger partial charge in [0.15, 0.2) is 5.78 Å². The highest BCUT2D eigenvalue weighted by Crippen LogP contribution is 2.15. The second-order valence-electron chi connectivity index (χ2n) is 5.82.